The molecular formula is C6H6BrNO. The minimum atomic E-state index is 0.483. The lowest BCUT2D eigenvalue weighted by Gasteiger charge is -1.83. The van der Waals surface area contributed by atoms with Gasteiger partial charge in [-0.2, -0.15) is 0 Å². The highest BCUT2D eigenvalue weighted by Gasteiger charge is 2.25. The van der Waals surface area contributed by atoms with E-state index in [0.29, 0.717) is 6.04 Å². The normalized spacial score (nSPS) is 24.3. The first-order valence-electron chi connectivity index (χ1n) is 2.85. The summed E-state index contributed by atoms with van der Waals surface area (Å²) in [5.41, 5.74) is 0. The van der Waals surface area contributed by atoms with Gasteiger partial charge in [0.1, 0.15) is 5.76 Å². The fourth-order valence-corrected chi connectivity index (χ4v) is 1.09. The molecule has 1 atom stereocenters. The SMILES string of the molecule is Brc1ccc([C@H]2CN2)o1. The zero-order valence-electron chi connectivity index (χ0n) is 4.73. The monoisotopic (exact) mass is 187 g/mol. The number of furan rings is 1. The fraction of sp³-hybridized carbons (Fsp3) is 0.333. The molecule has 2 heterocycles. The van der Waals surface area contributed by atoms with E-state index in [1.165, 1.54) is 0 Å². The van der Waals surface area contributed by atoms with Crippen molar-refractivity contribution in [3.8, 4) is 0 Å². The van der Waals surface area contributed by atoms with Gasteiger partial charge in [0.05, 0.1) is 6.04 Å². The molecule has 0 aliphatic carbocycles. The Hall–Kier alpha value is -0.280. The van der Waals surface area contributed by atoms with E-state index in [9.17, 15) is 0 Å². The van der Waals surface area contributed by atoms with Gasteiger partial charge < -0.3 is 9.73 Å². The summed E-state index contributed by atoms with van der Waals surface area (Å²) in [6.45, 7) is 1.06. The largest absolute Gasteiger partial charge is 0.453 e. The van der Waals surface area contributed by atoms with E-state index in [4.69, 9.17) is 4.42 Å². The summed E-state index contributed by atoms with van der Waals surface area (Å²) in [6, 6.07) is 4.38. The molecule has 2 rings (SSSR count). The first-order chi connectivity index (χ1) is 4.36. The molecule has 48 valence electrons. The second-order valence-corrected chi connectivity index (χ2v) is 2.88. The molecule has 1 saturated heterocycles. The van der Waals surface area contributed by atoms with Crippen molar-refractivity contribution in [2.75, 3.05) is 6.54 Å². The quantitative estimate of drug-likeness (QED) is 0.680. The molecule has 0 amide bonds. The van der Waals surface area contributed by atoms with Crippen molar-refractivity contribution in [3.05, 3.63) is 22.6 Å². The molecule has 9 heavy (non-hydrogen) atoms. The average molecular weight is 188 g/mol. The lowest BCUT2D eigenvalue weighted by atomic mass is 10.4. The van der Waals surface area contributed by atoms with Crippen LogP contribution < -0.4 is 5.32 Å². The fourth-order valence-electron chi connectivity index (χ4n) is 0.776. The lowest BCUT2D eigenvalue weighted by molar-refractivity contribution is 0.488. The molecular weight excluding hydrogens is 182 g/mol. The summed E-state index contributed by atoms with van der Waals surface area (Å²) in [5, 5.41) is 3.15. The number of hydrogen-bond donors (Lipinski definition) is 1. The van der Waals surface area contributed by atoms with Crippen molar-refractivity contribution >= 4 is 15.9 Å². The minimum Gasteiger partial charge on any atom is -0.453 e. The van der Waals surface area contributed by atoms with E-state index in [1.54, 1.807) is 0 Å². The minimum absolute atomic E-state index is 0.483. The van der Waals surface area contributed by atoms with Gasteiger partial charge in [-0.25, -0.2) is 0 Å². The number of halogens is 1. The molecule has 1 aliphatic rings. The van der Waals surface area contributed by atoms with Crippen LogP contribution in [0, 0.1) is 0 Å². The summed E-state index contributed by atoms with van der Waals surface area (Å²) < 4.78 is 6.07. The van der Waals surface area contributed by atoms with Crippen LogP contribution in [0.25, 0.3) is 0 Å². The Bertz CT molecular complexity index is 217. The van der Waals surface area contributed by atoms with Gasteiger partial charge in [0.2, 0.25) is 0 Å². The zero-order valence-corrected chi connectivity index (χ0v) is 6.31. The molecule has 3 heteroatoms. The van der Waals surface area contributed by atoms with Crippen LogP contribution >= 0.6 is 15.9 Å². The topological polar surface area (TPSA) is 35.1 Å². The predicted octanol–water partition coefficient (Wildman–Crippen LogP) is 1.69. The molecule has 0 saturated carbocycles. The van der Waals surface area contributed by atoms with E-state index in [0.717, 1.165) is 17.0 Å². The van der Waals surface area contributed by atoms with Crippen molar-refractivity contribution in [2.24, 2.45) is 0 Å². The molecule has 1 N–H and O–H groups in total. The summed E-state index contributed by atoms with van der Waals surface area (Å²) in [6.07, 6.45) is 0. The summed E-state index contributed by atoms with van der Waals surface area (Å²) in [4.78, 5) is 0. The van der Waals surface area contributed by atoms with Gasteiger partial charge in [-0.1, -0.05) is 0 Å². The third kappa shape index (κ3) is 1.02. The van der Waals surface area contributed by atoms with Crippen LogP contribution in [-0.4, -0.2) is 6.54 Å². The maximum absolute atomic E-state index is 5.26. The van der Waals surface area contributed by atoms with Crippen molar-refractivity contribution in [1.82, 2.24) is 5.32 Å². The second kappa shape index (κ2) is 1.85. The first kappa shape index (κ1) is 5.50. The van der Waals surface area contributed by atoms with Gasteiger partial charge in [-0.15, -0.1) is 0 Å². The van der Waals surface area contributed by atoms with Crippen molar-refractivity contribution in [3.63, 3.8) is 0 Å². The molecule has 1 aromatic heterocycles. The van der Waals surface area contributed by atoms with Gasteiger partial charge >= 0.3 is 0 Å². The van der Waals surface area contributed by atoms with Gasteiger partial charge in [-0.05, 0) is 28.1 Å². The molecule has 0 radical (unpaired) electrons. The summed E-state index contributed by atoms with van der Waals surface area (Å²) in [7, 11) is 0. The highest BCUT2D eigenvalue weighted by atomic mass is 79.9. The average Bonchev–Trinajstić information content (AvgIpc) is 2.58. The Labute approximate surface area is 61.4 Å². The maximum Gasteiger partial charge on any atom is 0.169 e. The zero-order chi connectivity index (χ0) is 6.27. The number of rotatable bonds is 1. The molecule has 2 nitrogen and oxygen atoms in total. The number of hydrogen-bond acceptors (Lipinski definition) is 2. The summed E-state index contributed by atoms with van der Waals surface area (Å²) >= 11 is 3.23. The smallest absolute Gasteiger partial charge is 0.169 e. The van der Waals surface area contributed by atoms with E-state index in [2.05, 4.69) is 21.2 Å². The Balaban J connectivity index is 2.28. The van der Waals surface area contributed by atoms with Crippen LogP contribution in [0.4, 0.5) is 0 Å². The molecule has 1 fully saturated rings. The third-order valence-corrected chi connectivity index (χ3v) is 1.77. The molecule has 0 unspecified atom stereocenters. The second-order valence-electron chi connectivity index (χ2n) is 2.10. The Morgan fingerprint density at radius 1 is 1.67 bits per heavy atom. The van der Waals surface area contributed by atoms with E-state index >= 15 is 0 Å². The Kier molecular flexibility index (Phi) is 1.13. The van der Waals surface area contributed by atoms with E-state index in [-0.39, 0.29) is 0 Å². The van der Waals surface area contributed by atoms with Crippen molar-refractivity contribution < 1.29 is 4.42 Å². The van der Waals surface area contributed by atoms with Crippen LogP contribution in [0.3, 0.4) is 0 Å². The van der Waals surface area contributed by atoms with Crippen LogP contribution in [0.1, 0.15) is 11.8 Å². The van der Waals surface area contributed by atoms with Crippen molar-refractivity contribution in [2.45, 2.75) is 6.04 Å². The van der Waals surface area contributed by atoms with Crippen molar-refractivity contribution in [1.29, 1.82) is 0 Å². The highest BCUT2D eigenvalue weighted by Crippen LogP contribution is 2.25. The molecule has 1 aromatic rings. The van der Waals surface area contributed by atoms with E-state index in [1.807, 2.05) is 12.1 Å². The Morgan fingerprint density at radius 3 is 2.89 bits per heavy atom. The highest BCUT2D eigenvalue weighted by molar-refractivity contribution is 9.10. The summed E-state index contributed by atoms with van der Waals surface area (Å²) in [5.74, 6) is 1.03. The van der Waals surface area contributed by atoms with Gasteiger partial charge in [-0.3, -0.25) is 0 Å². The standard InChI is InChI=1S/C6H6BrNO/c7-6-2-1-5(9-6)4-3-8-4/h1-2,4,8H,3H2/t4-/m1/s1. The molecule has 0 bridgehead atoms. The lowest BCUT2D eigenvalue weighted by Crippen LogP contribution is -1.76. The van der Waals surface area contributed by atoms with Crippen LogP contribution in [0.15, 0.2) is 21.2 Å². The van der Waals surface area contributed by atoms with E-state index < -0.39 is 0 Å². The maximum atomic E-state index is 5.26. The molecule has 0 spiro atoms. The molecule has 1 aliphatic heterocycles. The van der Waals surface area contributed by atoms with Gasteiger partial charge in [0.15, 0.2) is 4.67 Å². The van der Waals surface area contributed by atoms with Gasteiger partial charge in [0.25, 0.3) is 0 Å². The van der Waals surface area contributed by atoms with Crippen LogP contribution in [0.5, 0.6) is 0 Å². The third-order valence-electron chi connectivity index (χ3n) is 1.35. The Morgan fingerprint density at radius 2 is 2.44 bits per heavy atom. The van der Waals surface area contributed by atoms with Gasteiger partial charge in [0, 0.05) is 6.54 Å². The predicted molar refractivity (Wildman–Crippen MR) is 37.2 cm³/mol. The number of nitrogens with one attached hydrogen (secondary N) is 1. The first-order valence-corrected chi connectivity index (χ1v) is 3.64. The van der Waals surface area contributed by atoms with Crippen LogP contribution in [-0.2, 0) is 0 Å². The van der Waals surface area contributed by atoms with Crippen LogP contribution in [0.2, 0.25) is 0 Å². The molecule has 0 aromatic carbocycles.